The van der Waals surface area contributed by atoms with Gasteiger partial charge in [-0.15, -0.1) is 0 Å². The second-order valence-electron chi connectivity index (χ2n) is 5.38. The summed E-state index contributed by atoms with van der Waals surface area (Å²) in [5.41, 5.74) is -0.826. The first kappa shape index (κ1) is 19.2. The molecule has 1 aromatic rings. The number of nitrogens with one attached hydrogen (secondary N) is 1. The molecule has 0 fully saturated rings. The maximum Gasteiger partial charge on any atom is 0.305 e. The highest BCUT2D eigenvalue weighted by Gasteiger charge is 2.33. The molecule has 128 valence electrons. The van der Waals surface area contributed by atoms with Crippen LogP contribution >= 0.6 is 11.6 Å². The lowest BCUT2D eigenvalue weighted by Crippen LogP contribution is -2.52. The number of carboxylic acid groups (broad SMARTS) is 1. The van der Waals surface area contributed by atoms with Gasteiger partial charge >= 0.3 is 5.97 Å². The Morgan fingerprint density at radius 3 is 2.48 bits per heavy atom. The van der Waals surface area contributed by atoms with Gasteiger partial charge in [0, 0.05) is 0 Å². The minimum absolute atomic E-state index is 0.0624. The van der Waals surface area contributed by atoms with E-state index in [0.717, 1.165) is 6.07 Å². The summed E-state index contributed by atoms with van der Waals surface area (Å²) in [5, 5.41) is 11.8. The number of ether oxygens (including phenoxy) is 1. The van der Waals surface area contributed by atoms with Crippen LogP contribution in [-0.2, 0) is 9.59 Å². The van der Waals surface area contributed by atoms with Crippen molar-refractivity contribution in [2.24, 2.45) is 0 Å². The van der Waals surface area contributed by atoms with Gasteiger partial charge in [0.25, 0.3) is 5.91 Å². The van der Waals surface area contributed by atoms with Crippen molar-refractivity contribution in [2.75, 3.05) is 0 Å². The van der Waals surface area contributed by atoms with E-state index in [1.54, 1.807) is 0 Å². The summed E-state index contributed by atoms with van der Waals surface area (Å²) in [6.07, 6.45) is -0.114. The number of aliphatic carboxylic acids is 1. The van der Waals surface area contributed by atoms with E-state index in [1.165, 1.54) is 19.1 Å². The van der Waals surface area contributed by atoms with Crippen molar-refractivity contribution in [1.29, 1.82) is 0 Å². The average molecular weight is 346 g/mol. The Hall–Kier alpha value is -1.82. The molecule has 0 bridgehead atoms. The van der Waals surface area contributed by atoms with E-state index in [4.69, 9.17) is 21.4 Å². The van der Waals surface area contributed by atoms with Crippen LogP contribution in [0.15, 0.2) is 18.2 Å². The highest BCUT2D eigenvalue weighted by atomic mass is 35.5. The number of carbonyl (C=O) groups is 2. The lowest BCUT2D eigenvalue weighted by Gasteiger charge is -2.32. The molecule has 23 heavy (non-hydrogen) atoms. The molecular formula is C16H21ClFNO4. The van der Waals surface area contributed by atoms with E-state index in [0.29, 0.717) is 12.8 Å². The van der Waals surface area contributed by atoms with Crippen molar-refractivity contribution in [1.82, 2.24) is 5.32 Å². The first-order valence-corrected chi connectivity index (χ1v) is 7.76. The van der Waals surface area contributed by atoms with E-state index < -0.39 is 29.3 Å². The minimum atomic E-state index is -0.982. The third kappa shape index (κ3) is 5.39. The Labute approximate surface area is 139 Å². The van der Waals surface area contributed by atoms with Crippen molar-refractivity contribution in [3.05, 3.63) is 29.0 Å². The van der Waals surface area contributed by atoms with Gasteiger partial charge in [0.1, 0.15) is 11.6 Å². The average Bonchev–Trinajstić information content (AvgIpc) is 2.48. The number of rotatable bonds is 8. The molecule has 0 aromatic heterocycles. The molecule has 5 nitrogen and oxygen atoms in total. The summed E-state index contributed by atoms with van der Waals surface area (Å²) < 4.78 is 18.4. The summed E-state index contributed by atoms with van der Waals surface area (Å²) in [4.78, 5) is 23.3. The Balaban J connectivity index is 2.80. The maximum atomic E-state index is 13.0. The molecule has 0 aliphatic rings. The normalized spacial score (nSPS) is 12.6. The molecule has 1 unspecified atom stereocenters. The van der Waals surface area contributed by atoms with E-state index in [2.05, 4.69) is 5.32 Å². The largest absolute Gasteiger partial charge is 0.481 e. The highest BCUT2D eigenvalue weighted by Crippen LogP contribution is 2.26. The first-order valence-electron chi connectivity index (χ1n) is 7.38. The first-order chi connectivity index (χ1) is 10.7. The topological polar surface area (TPSA) is 75.6 Å². The van der Waals surface area contributed by atoms with Gasteiger partial charge in [0.15, 0.2) is 6.10 Å². The summed E-state index contributed by atoms with van der Waals surface area (Å²) >= 11 is 5.86. The van der Waals surface area contributed by atoms with Gasteiger partial charge in [-0.2, -0.15) is 0 Å². The Morgan fingerprint density at radius 1 is 1.39 bits per heavy atom. The molecule has 0 spiro atoms. The van der Waals surface area contributed by atoms with Gasteiger partial charge < -0.3 is 15.2 Å². The molecule has 0 aliphatic carbocycles. The van der Waals surface area contributed by atoms with E-state index >= 15 is 0 Å². The second-order valence-corrected chi connectivity index (χ2v) is 5.79. The summed E-state index contributed by atoms with van der Waals surface area (Å²) in [6, 6.07) is 3.61. The molecule has 1 rings (SSSR count). The molecule has 0 radical (unpaired) electrons. The lowest BCUT2D eigenvalue weighted by molar-refractivity contribution is -0.139. The van der Waals surface area contributed by atoms with Gasteiger partial charge in [-0.1, -0.05) is 25.4 Å². The molecule has 0 heterocycles. The SMILES string of the molecule is CCC(CC)(CC(=O)O)NC(=O)C(C)Oc1ccc(F)cc1Cl. The monoisotopic (exact) mass is 345 g/mol. The van der Waals surface area contributed by atoms with Gasteiger partial charge in [-0.25, -0.2) is 4.39 Å². The van der Waals surface area contributed by atoms with Crippen LogP contribution in [0.5, 0.6) is 5.75 Å². The second kappa shape index (κ2) is 8.15. The van der Waals surface area contributed by atoms with E-state index in [9.17, 15) is 14.0 Å². The fourth-order valence-corrected chi connectivity index (χ4v) is 2.40. The van der Waals surface area contributed by atoms with Crippen molar-refractivity contribution >= 4 is 23.5 Å². The van der Waals surface area contributed by atoms with Crippen LogP contribution in [-0.4, -0.2) is 28.6 Å². The number of carboxylic acids is 1. The summed E-state index contributed by atoms with van der Waals surface area (Å²) in [6.45, 7) is 5.15. The van der Waals surface area contributed by atoms with Crippen LogP contribution in [0.4, 0.5) is 4.39 Å². The molecular weight excluding hydrogens is 325 g/mol. The maximum absolute atomic E-state index is 13.0. The minimum Gasteiger partial charge on any atom is -0.481 e. The van der Waals surface area contributed by atoms with Gasteiger partial charge in [-0.05, 0) is 38.0 Å². The smallest absolute Gasteiger partial charge is 0.305 e. The van der Waals surface area contributed by atoms with Crippen LogP contribution in [0.25, 0.3) is 0 Å². The number of hydrogen-bond donors (Lipinski definition) is 2. The fourth-order valence-electron chi connectivity index (χ4n) is 2.19. The van der Waals surface area contributed by atoms with Crippen molar-refractivity contribution in [2.45, 2.75) is 51.7 Å². The number of benzene rings is 1. The zero-order valence-electron chi connectivity index (χ0n) is 13.4. The van der Waals surface area contributed by atoms with E-state index in [-0.39, 0.29) is 17.2 Å². The summed E-state index contributed by atoms with van der Waals surface area (Å²) in [7, 11) is 0. The molecule has 0 aliphatic heterocycles. The Bertz CT molecular complexity index is 575. The number of hydrogen-bond acceptors (Lipinski definition) is 3. The molecule has 2 N–H and O–H groups in total. The molecule has 0 saturated heterocycles. The van der Waals surface area contributed by atoms with Gasteiger partial charge in [-0.3, -0.25) is 9.59 Å². The number of amides is 1. The van der Waals surface area contributed by atoms with E-state index in [1.807, 2.05) is 13.8 Å². The van der Waals surface area contributed by atoms with Crippen LogP contribution in [0.2, 0.25) is 5.02 Å². The highest BCUT2D eigenvalue weighted by molar-refractivity contribution is 6.32. The predicted octanol–water partition coefficient (Wildman–Crippen LogP) is 3.40. The number of carbonyl (C=O) groups excluding carboxylic acids is 1. The van der Waals surface area contributed by atoms with Crippen LogP contribution in [0, 0.1) is 5.82 Å². The lowest BCUT2D eigenvalue weighted by atomic mass is 9.88. The third-order valence-electron chi connectivity index (χ3n) is 3.80. The van der Waals surface area contributed by atoms with Gasteiger partial charge in [0.2, 0.25) is 0 Å². The van der Waals surface area contributed by atoms with Crippen LogP contribution in [0.3, 0.4) is 0 Å². The van der Waals surface area contributed by atoms with Crippen molar-refractivity contribution in [3.63, 3.8) is 0 Å². The molecule has 1 atom stereocenters. The summed E-state index contributed by atoms with van der Waals surface area (Å²) in [5.74, 6) is -1.75. The third-order valence-corrected chi connectivity index (χ3v) is 4.09. The Kier molecular flexibility index (Phi) is 6.81. The van der Waals surface area contributed by atoms with Crippen LogP contribution < -0.4 is 10.1 Å². The van der Waals surface area contributed by atoms with Crippen molar-refractivity contribution in [3.8, 4) is 5.75 Å². The zero-order valence-corrected chi connectivity index (χ0v) is 14.1. The Morgan fingerprint density at radius 2 is 2.00 bits per heavy atom. The van der Waals surface area contributed by atoms with Gasteiger partial charge in [0.05, 0.1) is 17.0 Å². The molecule has 7 heteroatoms. The zero-order chi connectivity index (χ0) is 17.6. The molecule has 0 saturated carbocycles. The predicted molar refractivity (Wildman–Crippen MR) is 85.2 cm³/mol. The fraction of sp³-hybridized carbons (Fsp3) is 0.500. The molecule has 1 aromatic carbocycles. The quantitative estimate of drug-likeness (QED) is 0.757. The number of halogens is 2. The standard InChI is InChI=1S/C16H21ClFNO4/c1-4-16(5-2,9-14(20)21)19-15(22)10(3)23-13-7-6-11(18)8-12(13)17/h6-8,10H,4-5,9H2,1-3H3,(H,19,22)(H,20,21). The molecule has 1 amide bonds. The van der Waals surface area contributed by atoms with Crippen LogP contribution in [0.1, 0.15) is 40.0 Å². The van der Waals surface area contributed by atoms with Crippen molar-refractivity contribution < 1.29 is 23.8 Å².